The van der Waals surface area contributed by atoms with Gasteiger partial charge in [-0.3, -0.25) is 0 Å². The first-order chi connectivity index (χ1) is 13.9. The standard InChI is InChI=1S/C23H39NO.C2H6.CH4O/c1-21-14-11-20-18(19(21)9-8-17(21)7-3-6-16-25)10-15-23(24)13-5-4-12-22(20,23)2;2*1-2/h16-20H,3-15,24H2,1-2H3;1-2H3;2H,1H3. The molecule has 4 aliphatic rings. The smallest absolute Gasteiger partial charge is 0.119 e. The molecular weight excluding hydrogens is 358 g/mol. The molecule has 0 aromatic rings. The molecule has 7 atom stereocenters. The number of nitrogens with two attached hydrogens (primary N) is 1. The molecule has 3 nitrogen and oxygen atoms in total. The van der Waals surface area contributed by atoms with E-state index >= 15 is 0 Å². The molecule has 3 N–H and O–H groups in total. The first-order valence-corrected chi connectivity index (χ1v) is 12.6. The predicted octanol–water partition coefficient (Wildman–Crippen LogP) is 6.12. The molecule has 0 amide bonds. The summed E-state index contributed by atoms with van der Waals surface area (Å²) in [6, 6.07) is 0. The normalized spacial score (nSPS) is 45.3. The summed E-state index contributed by atoms with van der Waals surface area (Å²) in [7, 11) is 1.00. The van der Waals surface area contributed by atoms with E-state index in [4.69, 9.17) is 10.8 Å². The minimum atomic E-state index is 0.127. The van der Waals surface area contributed by atoms with Crippen LogP contribution >= 0.6 is 0 Å². The third-order valence-electron chi connectivity index (χ3n) is 9.96. The molecule has 4 fully saturated rings. The van der Waals surface area contributed by atoms with E-state index in [-0.39, 0.29) is 5.54 Å². The zero-order valence-corrected chi connectivity index (χ0v) is 20.0. The van der Waals surface area contributed by atoms with Gasteiger partial charge in [-0.25, -0.2) is 0 Å². The molecule has 29 heavy (non-hydrogen) atoms. The van der Waals surface area contributed by atoms with Gasteiger partial charge in [-0.05, 0) is 98.7 Å². The predicted molar refractivity (Wildman–Crippen MR) is 123 cm³/mol. The molecule has 3 heteroatoms. The first kappa shape index (κ1) is 24.9. The van der Waals surface area contributed by atoms with Crippen LogP contribution in [0.2, 0.25) is 0 Å². The minimum Gasteiger partial charge on any atom is -0.400 e. The van der Waals surface area contributed by atoms with Crippen LogP contribution in [0, 0.1) is 34.5 Å². The summed E-state index contributed by atoms with van der Waals surface area (Å²) in [5.41, 5.74) is 8.12. The van der Waals surface area contributed by atoms with E-state index in [0.717, 1.165) is 49.9 Å². The van der Waals surface area contributed by atoms with Crippen LogP contribution in [0.1, 0.15) is 111 Å². The van der Waals surface area contributed by atoms with Gasteiger partial charge in [-0.15, -0.1) is 0 Å². The highest BCUT2D eigenvalue weighted by atomic mass is 16.2. The Labute approximate surface area is 180 Å². The third-order valence-corrected chi connectivity index (χ3v) is 9.96. The van der Waals surface area contributed by atoms with Crippen molar-refractivity contribution in [3.63, 3.8) is 0 Å². The van der Waals surface area contributed by atoms with E-state index in [2.05, 4.69) is 13.8 Å². The van der Waals surface area contributed by atoms with Gasteiger partial charge in [0.1, 0.15) is 6.29 Å². The third kappa shape index (κ3) is 4.20. The van der Waals surface area contributed by atoms with Gasteiger partial charge in [0.15, 0.2) is 0 Å². The maximum absolute atomic E-state index is 10.7. The van der Waals surface area contributed by atoms with Crippen LogP contribution in [0.25, 0.3) is 0 Å². The summed E-state index contributed by atoms with van der Waals surface area (Å²) in [4.78, 5) is 10.7. The summed E-state index contributed by atoms with van der Waals surface area (Å²) in [5, 5.41) is 7.00. The molecule has 0 heterocycles. The second kappa shape index (κ2) is 10.3. The zero-order valence-electron chi connectivity index (χ0n) is 20.0. The second-order valence-electron chi connectivity index (χ2n) is 10.6. The number of hydrogen-bond acceptors (Lipinski definition) is 3. The van der Waals surface area contributed by atoms with Crippen molar-refractivity contribution in [2.75, 3.05) is 7.11 Å². The van der Waals surface area contributed by atoms with Gasteiger partial charge in [0, 0.05) is 19.1 Å². The summed E-state index contributed by atoms with van der Waals surface area (Å²) in [6.07, 6.45) is 18.0. The fraction of sp³-hybridized carbons (Fsp3) is 0.962. The molecule has 7 unspecified atom stereocenters. The van der Waals surface area contributed by atoms with E-state index in [9.17, 15) is 4.79 Å². The number of hydrogen-bond donors (Lipinski definition) is 2. The van der Waals surface area contributed by atoms with Gasteiger partial charge < -0.3 is 15.6 Å². The summed E-state index contributed by atoms with van der Waals surface area (Å²) < 4.78 is 0. The molecule has 4 aliphatic carbocycles. The summed E-state index contributed by atoms with van der Waals surface area (Å²) in [5.74, 6) is 3.59. The van der Waals surface area contributed by atoms with Gasteiger partial charge in [-0.1, -0.05) is 40.5 Å². The van der Waals surface area contributed by atoms with Gasteiger partial charge >= 0.3 is 0 Å². The lowest BCUT2D eigenvalue weighted by molar-refractivity contribution is -0.122. The molecule has 0 radical (unpaired) electrons. The lowest BCUT2D eigenvalue weighted by atomic mass is 9.42. The lowest BCUT2D eigenvalue weighted by Crippen LogP contribution is -2.65. The Kier molecular flexibility index (Phi) is 8.80. The van der Waals surface area contributed by atoms with E-state index < -0.39 is 0 Å². The number of carbonyl (C=O) groups is 1. The van der Waals surface area contributed by atoms with Crippen molar-refractivity contribution in [3.05, 3.63) is 0 Å². The highest BCUT2D eigenvalue weighted by molar-refractivity contribution is 5.48. The lowest BCUT2D eigenvalue weighted by Gasteiger charge is -2.64. The van der Waals surface area contributed by atoms with E-state index in [1.807, 2.05) is 13.8 Å². The van der Waals surface area contributed by atoms with Crippen LogP contribution in [0.15, 0.2) is 0 Å². The number of aliphatic hydroxyl groups is 1. The van der Waals surface area contributed by atoms with Crippen molar-refractivity contribution >= 4 is 6.29 Å². The number of fused-ring (bicyclic) bond motifs is 5. The topological polar surface area (TPSA) is 63.3 Å². The Morgan fingerprint density at radius 3 is 2.31 bits per heavy atom. The molecule has 0 aromatic heterocycles. The molecule has 0 bridgehead atoms. The molecular formula is C26H49NO2. The maximum Gasteiger partial charge on any atom is 0.119 e. The zero-order chi connectivity index (χ0) is 21.7. The Morgan fingerprint density at radius 1 is 0.931 bits per heavy atom. The van der Waals surface area contributed by atoms with Crippen LogP contribution < -0.4 is 5.73 Å². The highest BCUT2D eigenvalue weighted by Gasteiger charge is 2.62. The molecule has 0 aromatic carbocycles. The molecule has 0 spiro atoms. The van der Waals surface area contributed by atoms with Crippen LogP contribution in [0.4, 0.5) is 0 Å². The fourth-order valence-corrected chi connectivity index (χ4v) is 8.37. The van der Waals surface area contributed by atoms with Crippen molar-refractivity contribution in [1.29, 1.82) is 0 Å². The van der Waals surface area contributed by atoms with Crippen molar-refractivity contribution in [2.24, 2.45) is 40.2 Å². The number of rotatable bonds is 4. The molecule has 0 saturated heterocycles. The number of unbranched alkanes of at least 4 members (excludes halogenated alkanes) is 1. The number of aldehydes is 1. The van der Waals surface area contributed by atoms with Crippen LogP contribution in [0.3, 0.4) is 0 Å². The van der Waals surface area contributed by atoms with Crippen LogP contribution in [-0.4, -0.2) is 24.0 Å². The van der Waals surface area contributed by atoms with Crippen molar-refractivity contribution in [2.45, 2.75) is 117 Å². The number of carbonyl (C=O) groups excluding carboxylic acids is 1. The monoisotopic (exact) mass is 407 g/mol. The van der Waals surface area contributed by atoms with E-state index in [1.165, 1.54) is 70.6 Å². The Bertz CT molecular complexity index is 523. The Hall–Kier alpha value is -0.410. The first-order valence-electron chi connectivity index (χ1n) is 12.6. The van der Waals surface area contributed by atoms with Crippen LogP contribution in [-0.2, 0) is 4.79 Å². The SMILES string of the molecule is CC.CC12CCC3C(CCC4(N)CCCCC34C)C1CCC2CCCC=O.CO. The van der Waals surface area contributed by atoms with Crippen LogP contribution in [0.5, 0.6) is 0 Å². The Morgan fingerprint density at radius 2 is 1.62 bits per heavy atom. The minimum absolute atomic E-state index is 0.127. The Balaban J connectivity index is 0.000000707. The molecule has 0 aliphatic heterocycles. The average Bonchev–Trinajstić information content (AvgIpc) is 3.08. The second-order valence-corrected chi connectivity index (χ2v) is 10.6. The van der Waals surface area contributed by atoms with Crippen molar-refractivity contribution in [3.8, 4) is 0 Å². The summed E-state index contributed by atoms with van der Waals surface area (Å²) >= 11 is 0. The fourth-order valence-electron chi connectivity index (χ4n) is 8.37. The average molecular weight is 408 g/mol. The number of aliphatic hydroxyl groups excluding tert-OH is 1. The summed E-state index contributed by atoms with van der Waals surface area (Å²) in [6.45, 7) is 9.18. The van der Waals surface area contributed by atoms with Gasteiger partial charge in [0.25, 0.3) is 0 Å². The van der Waals surface area contributed by atoms with Crippen molar-refractivity contribution in [1.82, 2.24) is 0 Å². The largest absolute Gasteiger partial charge is 0.400 e. The van der Waals surface area contributed by atoms with Crippen molar-refractivity contribution < 1.29 is 9.90 Å². The molecule has 4 saturated carbocycles. The van der Waals surface area contributed by atoms with Gasteiger partial charge in [0.2, 0.25) is 0 Å². The van der Waals surface area contributed by atoms with Gasteiger partial charge in [0.05, 0.1) is 0 Å². The molecule has 4 rings (SSSR count). The van der Waals surface area contributed by atoms with E-state index in [0.29, 0.717) is 10.8 Å². The quantitative estimate of drug-likeness (QED) is 0.436. The maximum atomic E-state index is 10.7. The molecule has 170 valence electrons. The highest BCUT2D eigenvalue weighted by Crippen LogP contribution is 2.68. The van der Waals surface area contributed by atoms with E-state index in [1.54, 1.807) is 0 Å². The van der Waals surface area contributed by atoms with Gasteiger partial charge in [-0.2, -0.15) is 0 Å².